The molecule has 94 valence electrons. The summed E-state index contributed by atoms with van der Waals surface area (Å²) < 4.78 is 0. The van der Waals surface area contributed by atoms with Gasteiger partial charge in [-0.2, -0.15) is 5.10 Å². The van der Waals surface area contributed by atoms with Gasteiger partial charge in [0.25, 0.3) is 0 Å². The number of hydrogen-bond acceptors (Lipinski definition) is 5. The second-order valence-corrected chi connectivity index (χ2v) is 4.31. The van der Waals surface area contributed by atoms with Gasteiger partial charge in [-0.15, -0.1) is 0 Å². The molecule has 1 fully saturated rings. The fourth-order valence-corrected chi connectivity index (χ4v) is 2.15. The van der Waals surface area contributed by atoms with Crippen LogP contribution >= 0.6 is 0 Å². The first-order chi connectivity index (χ1) is 8.74. The summed E-state index contributed by atoms with van der Waals surface area (Å²) in [7, 11) is 0. The molecule has 1 amide bonds. The zero-order valence-corrected chi connectivity index (χ0v) is 10.1. The molecule has 2 aromatic rings. The Kier molecular flexibility index (Phi) is 2.58. The molecule has 0 aliphatic carbocycles. The highest BCUT2D eigenvalue weighted by Crippen LogP contribution is 2.22. The summed E-state index contributed by atoms with van der Waals surface area (Å²) in [6.07, 6.45) is 2.21. The van der Waals surface area contributed by atoms with Crippen LogP contribution in [0.4, 0.5) is 5.82 Å². The highest BCUT2D eigenvalue weighted by molar-refractivity contribution is 5.87. The zero-order chi connectivity index (χ0) is 12.5. The van der Waals surface area contributed by atoms with Gasteiger partial charge in [-0.05, 0) is 6.92 Å². The van der Waals surface area contributed by atoms with E-state index in [4.69, 9.17) is 0 Å². The van der Waals surface area contributed by atoms with Crippen molar-refractivity contribution in [3.8, 4) is 0 Å². The van der Waals surface area contributed by atoms with Crippen LogP contribution < -0.4 is 10.2 Å². The standard InChI is InChI=1S/C11H14N6O/c1-7-14-10-8(6-13-16-10)11(15-7)17-4-2-9(18)12-3-5-17/h6H,2-5H2,1H3,(H,12,18)(H,13,14,15,16). The second kappa shape index (κ2) is 4.25. The molecule has 3 heterocycles. The summed E-state index contributed by atoms with van der Waals surface area (Å²) in [6.45, 7) is 3.91. The van der Waals surface area contributed by atoms with Gasteiger partial charge < -0.3 is 10.2 Å². The Hall–Kier alpha value is -2.18. The maximum absolute atomic E-state index is 11.4. The first-order valence-electron chi connectivity index (χ1n) is 5.93. The number of aromatic amines is 1. The van der Waals surface area contributed by atoms with Crippen molar-refractivity contribution < 1.29 is 4.79 Å². The first kappa shape index (κ1) is 10.9. The topological polar surface area (TPSA) is 86.8 Å². The molecule has 0 aromatic carbocycles. The minimum Gasteiger partial charge on any atom is -0.354 e. The fraction of sp³-hybridized carbons (Fsp3) is 0.455. The first-order valence-corrected chi connectivity index (χ1v) is 5.93. The third-order valence-corrected chi connectivity index (χ3v) is 3.01. The summed E-state index contributed by atoms with van der Waals surface area (Å²) in [5.74, 6) is 1.64. The van der Waals surface area contributed by atoms with Crippen molar-refractivity contribution >= 4 is 22.8 Å². The second-order valence-electron chi connectivity index (χ2n) is 4.31. The number of nitrogens with zero attached hydrogens (tertiary/aromatic N) is 4. The maximum atomic E-state index is 11.4. The van der Waals surface area contributed by atoms with E-state index in [1.807, 2.05) is 6.92 Å². The van der Waals surface area contributed by atoms with E-state index in [-0.39, 0.29) is 5.91 Å². The Balaban J connectivity index is 2.02. The number of carbonyl (C=O) groups is 1. The molecule has 1 aliphatic heterocycles. The van der Waals surface area contributed by atoms with Crippen molar-refractivity contribution in [1.82, 2.24) is 25.5 Å². The number of nitrogens with one attached hydrogen (secondary N) is 2. The normalized spacial score (nSPS) is 16.7. The number of fused-ring (bicyclic) bond motifs is 1. The molecular formula is C11H14N6O. The maximum Gasteiger partial charge on any atom is 0.221 e. The van der Waals surface area contributed by atoms with Crippen LogP contribution in [-0.2, 0) is 4.79 Å². The summed E-state index contributed by atoms with van der Waals surface area (Å²) in [4.78, 5) is 22.2. The van der Waals surface area contributed by atoms with Gasteiger partial charge in [-0.1, -0.05) is 0 Å². The van der Waals surface area contributed by atoms with E-state index in [0.29, 0.717) is 25.3 Å². The molecule has 7 heteroatoms. The Morgan fingerprint density at radius 2 is 2.22 bits per heavy atom. The lowest BCUT2D eigenvalue weighted by Crippen LogP contribution is -2.29. The molecule has 2 aromatic heterocycles. The van der Waals surface area contributed by atoms with Crippen LogP contribution in [0.5, 0.6) is 0 Å². The summed E-state index contributed by atoms with van der Waals surface area (Å²) in [5.41, 5.74) is 0.737. The van der Waals surface area contributed by atoms with Crippen molar-refractivity contribution in [1.29, 1.82) is 0 Å². The lowest BCUT2D eigenvalue weighted by Gasteiger charge is -2.21. The number of aryl methyl sites for hydroxylation is 1. The highest BCUT2D eigenvalue weighted by Gasteiger charge is 2.18. The van der Waals surface area contributed by atoms with Crippen LogP contribution in [0.25, 0.3) is 11.0 Å². The third kappa shape index (κ3) is 1.87. The van der Waals surface area contributed by atoms with Crippen LogP contribution in [0, 0.1) is 6.92 Å². The number of H-pyrrole nitrogens is 1. The zero-order valence-electron chi connectivity index (χ0n) is 10.1. The van der Waals surface area contributed by atoms with E-state index in [9.17, 15) is 4.79 Å². The number of carbonyl (C=O) groups excluding carboxylic acids is 1. The van der Waals surface area contributed by atoms with E-state index in [0.717, 1.165) is 23.4 Å². The number of amides is 1. The van der Waals surface area contributed by atoms with Crippen LogP contribution in [-0.4, -0.2) is 45.7 Å². The van der Waals surface area contributed by atoms with E-state index in [1.54, 1.807) is 6.20 Å². The number of anilines is 1. The minimum absolute atomic E-state index is 0.0896. The lowest BCUT2D eigenvalue weighted by atomic mass is 10.3. The molecule has 0 bridgehead atoms. The average Bonchev–Trinajstić information content (AvgIpc) is 2.70. The van der Waals surface area contributed by atoms with E-state index < -0.39 is 0 Å². The lowest BCUT2D eigenvalue weighted by molar-refractivity contribution is -0.120. The van der Waals surface area contributed by atoms with Crippen molar-refractivity contribution in [2.24, 2.45) is 0 Å². The smallest absolute Gasteiger partial charge is 0.221 e. The monoisotopic (exact) mass is 246 g/mol. The van der Waals surface area contributed by atoms with Gasteiger partial charge in [0.2, 0.25) is 5.91 Å². The molecule has 2 N–H and O–H groups in total. The summed E-state index contributed by atoms with van der Waals surface area (Å²) >= 11 is 0. The van der Waals surface area contributed by atoms with Crippen molar-refractivity contribution in [2.45, 2.75) is 13.3 Å². The Bertz CT molecular complexity index is 592. The fourth-order valence-electron chi connectivity index (χ4n) is 2.15. The predicted molar refractivity (Wildman–Crippen MR) is 66.3 cm³/mol. The molecule has 1 saturated heterocycles. The molecule has 0 unspecified atom stereocenters. The highest BCUT2D eigenvalue weighted by atomic mass is 16.1. The number of aromatic nitrogens is 4. The van der Waals surface area contributed by atoms with E-state index in [1.165, 1.54) is 0 Å². The summed E-state index contributed by atoms with van der Waals surface area (Å²) in [5, 5.41) is 10.6. The molecule has 18 heavy (non-hydrogen) atoms. The molecule has 3 rings (SSSR count). The van der Waals surface area contributed by atoms with Gasteiger partial charge in [0, 0.05) is 26.1 Å². The molecule has 0 radical (unpaired) electrons. The van der Waals surface area contributed by atoms with E-state index in [2.05, 4.69) is 30.4 Å². The molecule has 0 atom stereocenters. The van der Waals surface area contributed by atoms with Gasteiger partial charge in [-0.25, -0.2) is 9.97 Å². The van der Waals surface area contributed by atoms with Crippen LogP contribution in [0.1, 0.15) is 12.2 Å². The van der Waals surface area contributed by atoms with Crippen LogP contribution in [0.3, 0.4) is 0 Å². The quantitative estimate of drug-likeness (QED) is 0.739. The predicted octanol–water partition coefficient (Wildman–Crippen LogP) is -0.0124. The van der Waals surface area contributed by atoms with Crippen LogP contribution in [0.2, 0.25) is 0 Å². The van der Waals surface area contributed by atoms with Crippen molar-refractivity contribution in [3.63, 3.8) is 0 Å². The van der Waals surface area contributed by atoms with Gasteiger partial charge in [0.15, 0.2) is 5.65 Å². The van der Waals surface area contributed by atoms with Gasteiger partial charge in [-0.3, -0.25) is 9.89 Å². The molecular weight excluding hydrogens is 232 g/mol. The van der Waals surface area contributed by atoms with Gasteiger partial charge >= 0.3 is 0 Å². The SMILES string of the molecule is Cc1nc(N2CCNC(=O)CC2)c2cn[nH]c2n1. The number of hydrogen-bond donors (Lipinski definition) is 2. The Morgan fingerprint density at radius 1 is 1.33 bits per heavy atom. The van der Waals surface area contributed by atoms with E-state index >= 15 is 0 Å². The molecule has 7 nitrogen and oxygen atoms in total. The summed E-state index contributed by atoms with van der Waals surface area (Å²) in [6, 6.07) is 0. The van der Waals surface area contributed by atoms with Crippen molar-refractivity contribution in [2.75, 3.05) is 24.5 Å². The van der Waals surface area contributed by atoms with Gasteiger partial charge in [0.05, 0.1) is 11.6 Å². The minimum atomic E-state index is 0.0896. The van der Waals surface area contributed by atoms with Gasteiger partial charge in [0.1, 0.15) is 11.6 Å². The third-order valence-electron chi connectivity index (χ3n) is 3.01. The molecule has 1 aliphatic rings. The number of rotatable bonds is 1. The Labute approximate surface area is 104 Å². The van der Waals surface area contributed by atoms with Crippen LogP contribution in [0.15, 0.2) is 6.20 Å². The molecule has 0 saturated carbocycles. The Morgan fingerprint density at radius 3 is 3.11 bits per heavy atom. The largest absolute Gasteiger partial charge is 0.354 e. The van der Waals surface area contributed by atoms with Crippen molar-refractivity contribution in [3.05, 3.63) is 12.0 Å². The average molecular weight is 246 g/mol. The molecule has 0 spiro atoms.